The number of hydrogen-bond donors (Lipinski definition) is 14. The molecule has 2 unspecified atom stereocenters. The quantitative estimate of drug-likeness (QED) is 0.0180. The van der Waals surface area contributed by atoms with Crippen LogP contribution < -0.4 is 61.5 Å². The number of aliphatic carboxylic acids is 2. The Hall–Kier alpha value is -5.86. The van der Waals surface area contributed by atoms with E-state index in [-0.39, 0.29) is 42.8 Å². The fraction of sp³-hybridized carbons (Fsp3) is 0.455. The van der Waals surface area contributed by atoms with Crippen LogP contribution in [0.15, 0.2) is 133 Å². The van der Waals surface area contributed by atoms with Gasteiger partial charge in [-0.3, -0.25) is 19.2 Å². The third kappa shape index (κ3) is 22.6. The molecule has 0 aromatic heterocycles. The van der Waals surface area contributed by atoms with Gasteiger partial charge in [-0.25, -0.2) is 9.59 Å². The molecule has 93 heavy (non-hydrogen) atoms. The van der Waals surface area contributed by atoms with E-state index in [1.807, 2.05) is 84.9 Å². The van der Waals surface area contributed by atoms with Crippen molar-refractivity contribution in [2.75, 3.05) is 62.4 Å². The molecule has 5 aromatic carbocycles. The van der Waals surface area contributed by atoms with Crippen LogP contribution in [0.3, 0.4) is 0 Å². The minimum atomic E-state index is -2.42. The van der Waals surface area contributed by atoms with E-state index >= 15 is 0 Å². The zero-order chi connectivity index (χ0) is 66.2. The average Bonchev–Trinajstić information content (AvgIpc) is 0.780. The van der Waals surface area contributed by atoms with Gasteiger partial charge in [0.25, 0.3) is 23.4 Å². The molecule has 0 radical (unpaired) electrons. The fourth-order valence-electron chi connectivity index (χ4n) is 10.6. The monoisotopic (exact) mass is 1340 g/mol. The van der Waals surface area contributed by atoms with Gasteiger partial charge in [-0.05, 0) is 82.0 Å². The SMILES string of the molecule is CC(=O)N[C@@H]1[C@@H](O)C[C@](OCCCSCCNCc2ccc(CNCCSCCCO[C@]3(C(=O)O)C[C@H](O)[C@@H](NC(C)=O)[C@H](C(O)[C@H](O)CNC(=O)c4ccc(-c5ccccc5)cc4)O3)cc2)(C(=O)O)O[C@H]1C(O)[C@H](O)CNC(=O)c1ccc(-c2ccccc2)cc1.[Na+]. The number of nitrogens with one attached hydrogen (secondary N) is 6. The van der Waals surface area contributed by atoms with E-state index in [2.05, 4.69) is 31.9 Å². The number of carboxylic acids is 2. The van der Waals surface area contributed by atoms with Crippen LogP contribution in [0, 0.1) is 0 Å². The Labute approximate surface area is 571 Å². The number of hydrogen-bond acceptors (Lipinski definition) is 20. The van der Waals surface area contributed by atoms with Gasteiger partial charge < -0.3 is 91.7 Å². The van der Waals surface area contributed by atoms with Crippen LogP contribution in [-0.4, -0.2) is 211 Å². The van der Waals surface area contributed by atoms with Gasteiger partial charge in [-0.15, -0.1) is 0 Å². The summed E-state index contributed by atoms with van der Waals surface area (Å²) < 4.78 is 23.3. The molecule has 24 nitrogen and oxygen atoms in total. The Bertz CT molecular complexity index is 2940. The van der Waals surface area contributed by atoms with E-state index in [1.54, 1.807) is 72.1 Å². The fourth-order valence-corrected chi connectivity index (χ4v) is 12.2. The number of rotatable bonds is 36. The number of ether oxygens (including phenoxy) is 4. The second-order valence-electron chi connectivity index (χ2n) is 22.5. The van der Waals surface area contributed by atoms with E-state index < -0.39 is 134 Å². The molecule has 2 saturated heterocycles. The average molecular weight is 1340 g/mol. The summed E-state index contributed by atoms with van der Waals surface area (Å²) in [5, 5.41) is 105. The van der Waals surface area contributed by atoms with Gasteiger partial charge in [0.15, 0.2) is 0 Å². The van der Waals surface area contributed by atoms with Crippen molar-refractivity contribution in [1.29, 1.82) is 0 Å². The number of carbonyl (C=O) groups is 6. The van der Waals surface area contributed by atoms with E-state index in [0.717, 1.165) is 44.9 Å². The standard InChI is InChI=1S/C66H84N6O18S2.Na/c1-41(73)71-55-51(75)35-65(63(83)84,89-59(55)57(79)53(77)39-69-61(81)49-23-19-47(20-24-49)45-11-5-3-6-12-45)87-29-9-31-91-33-27-67-37-43-15-17-44(18-16-43)38-68-28-34-92-32-10-30-88-66(64(85)86)36-52(76)56(72-42(2)74)60(90-66)58(80)54(78)40-70-62(82)50-25-21-48(22-26-50)46-13-7-4-8-14-46;/h3-8,11-26,51-60,67-68,75-80H,9-10,27-40H2,1-2H3,(H,69,81)(H,70,82)(H,71,73)(H,72,74)(H,83,84)(H,85,86);/q;+1/t51-,52-,53+,54+,55+,56+,57?,58?,59+,60+,65+,66+;/m0./s1. The summed E-state index contributed by atoms with van der Waals surface area (Å²) in [5.74, 6) is -7.58. The van der Waals surface area contributed by atoms with Crippen LogP contribution in [0.5, 0.6) is 0 Å². The largest absolute Gasteiger partial charge is 1.00 e. The first-order valence-electron chi connectivity index (χ1n) is 30.4. The molecule has 0 saturated carbocycles. The minimum Gasteiger partial charge on any atom is -0.477 e. The number of amides is 4. The summed E-state index contributed by atoms with van der Waals surface area (Å²) >= 11 is 3.23. The molecule has 27 heteroatoms. The van der Waals surface area contributed by atoms with Crippen LogP contribution in [-0.2, 0) is 51.2 Å². The predicted molar refractivity (Wildman–Crippen MR) is 345 cm³/mol. The molecule has 2 aliphatic rings. The van der Waals surface area contributed by atoms with Gasteiger partial charge in [-0.2, -0.15) is 23.5 Å². The number of aliphatic hydroxyl groups excluding tert-OH is 6. The van der Waals surface area contributed by atoms with E-state index in [1.165, 1.54) is 13.8 Å². The van der Waals surface area contributed by atoms with Gasteiger partial charge in [0, 0.05) is 88.6 Å². The summed E-state index contributed by atoms with van der Waals surface area (Å²) in [6, 6.07) is 38.2. The van der Waals surface area contributed by atoms with Crippen molar-refractivity contribution in [2.45, 2.75) is 125 Å². The molecule has 12 atom stereocenters. The predicted octanol–water partition coefficient (Wildman–Crippen LogP) is -0.342. The number of carbonyl (C=O) groups excluding carboxylic acids is 4. The normalized spacial score (nSPS) is 22.4. The second kappa shape index (κ2) is 38.0. The first-order valence-corrected chi connectivity index (χ1v) is 32.7. The van der Waals surface area contributed by atoms with Crippen molar-refractivity contribution in [2.24, 2.45) is 0 Å². The topological polar surface area (TPSA) is 373 Å². The molecule has 7 rings (SSSR count). The van der Waals surface area contributed by atoms with Crippen LogP contribution >= 0.6 is 23.5 Å². The number of aliphatic hydroxyl groups is 6. The van der Waals surface area contributed by atoms with Gasteiger partial charge in [0.05, 0.1) is 49.7 Å². The molecule has 2 fully saturated rings. The van der Waals surface area contributed by atoms with Crippen molar-refractivity contribution in [1.82, 2.24) is 31.9 Å². The number of thioether (sulfide) groups is 2. The molecule has 2 heterocycles. The van der Waals surface area contributed by atoms with Crippen LogP contribution in [0.1, 0.15) is 71.4 Å². The molecule has 2 aliphatic heterocycles. The van der Waals surface area contributed by atoms with Crippen molar-refractivity contribution >= 4 is 59.1 Å². The maximum absolute atomic E-state index is 13.0. The Kier molecular flexibility index (Phi) is 31.1. The van der Waals surface area contributed by atoms with Crippen LogP contribution in [0.25, 0.3) is 22.3 Å². The van der Waals surface area contributed by atoms with Gasteiger partial charge >= 0.3 is 41.5 Å². The summed E-state index contributed by atoms with van der Waals surface area (Å²) in [4.78, 5) is 75.7. The Morgan fingerprint density at radius 1 is 0.516 bits per heavy atom. The van der Waals surface area contributed by atoms with E-state index in [0.29, 0.717) is 61.7 Å². The number of benzene rings is 5. The van der Waals surface area contributed by atoms with E-state index in [9.17, 15) is 69.6 Å². The van der Waals surface area contributed by atoms with E-state index in [4.69, 9.17) is 18.9 Å². The zero-order valence-electron chi connectivity index (χ0n) is 52.3. The minimum absolute atomic E-state index is 0. The molecular formula is C66H84N6NaO18S2+. The molecule has 0 bridgehead atoms. The first-order chi connectivity index (χ1) is 44.2. The van der Waals surface area contributed by atoms with Crippen molar-refractivity contribution in [3.05, 3.63) is 156 Å². The molecular weight excluding hydrogens is 1250 g/mol. The van der Waals surface area contributed by atoms with Crippen LogP contribution in [0.2, 0.25) is 0 Å². The van der Waals surface area contributed by atoms with Gasteiger partial charge in [0.2, 0.25) is 11.8 Å². The van der Waals surface area contributed by atoms with Gasteiger partial charge in [0.1, 0.15) is 24.4 Å². The molecule has 498 valence electrons. The molecule has 0 aliphatic carbocycles. The number of carboxylic acid groups (broad SMARTS) is 2. The molecule has 14 N–H and O–H groups in total. The van der Waals surface area contributed by atoms with Crippen molar-refractivity contribution in [3.63, 3.8) is 0 Å². The van der Waals surface area contributed by atoms with Crippen LogP contribution in [0.4, 0.5) is 0 Å². The zero-order valence-corrected chi connectivity index (χ0v) is 55.9. The summed E-state index contributed by atoms with van der Waals surface area (Å²) in [6.07, 6.45) is -13.9. The second-order valence-corrected chi connectivity index (χ2v) is 24.9. The Morgan fingerprint density at radius 2 is 0.860 bits per heavy atom. The summed E-state index contributed by atoms with van der Waals surface area (Å²) in [7, 11) is 0. The molecule has 5 aromatic rings. The maximum Gasteiger partial charge on any atom is 1.00 e. The summed E-state index contributed by atoms with van der Waals surface area (Å²) in [6.45, 7) is 3.87. The van der Waals surface area contributed by atoms with Crippen molar-refractivity contribution in [3.8, 4) is 22.3 Å². The molecule has 0 spiro atoms. The summed E-state index contributed by atoms with van der Waals surface area (Å²) in [5.41, 5.74) is 6.46. The maximum atomic E-state index is 13.0. The molecule has 4 amide bonds. The van der Waals surface area contributed by atoms with Crippen molar-refractivity contribution < 1.29 is 118 Å². The first kappa shape index (κ1) is 76.2. The third-order valence-electron chi connectivity index (χ3n) is 15.5. The van der Waals surface area contributed by atoms with Gasteiger partial charge in [-0.1, -0.05) is 109 Å². The Morgan fingerprint density at radius 3 is 1.19 bits per heavy atom. The smallest absolute Gasteiger partial charge is 0.477 e. The third-order valence-corrected chi connectivity index (χ3v) is 17.7. The Balaban J connectivity index is 0.0000137.